The Hall–Kier alpha value is -1.16. The Morgan fingerprint density at radius 1 is 1.53 bits per heavy atom. The van der Waals surface area contributed by atoms with E-state index in [2.05, 4.69) is 20.7 Å². The summed E-state index contributed by atoms with van der Waals surface area (Å²) >= 11 is 3.33. The van der Waals surface area contributed by atoms with Crippen LogP contribution < -0.4 is 0 Å². The van der Waals surface area contributed by atoms with E-state index in [0.717, 1.165) is 10.0 Å². The number of benzene rings is 1. The lowest BCUT2D eigenvalue weighted by Gasteiger charge is -2.03. The zero-order chi connectivity index (χ0) is 11.0. The summed E-state index contributed by atoms with van der Waals surface area (Å²) in [5.41, 5.74) is 1.54. The summed E-state index contributed by atoms with van der Waals surface area (Å²) in [4.78, 5) is 23.1. The molecule has 1 aromatic carbocycles. The van der Waals surface area contributed by atoms with Crippen LogP contribution in [0.2, 0.25) is 0 Å². The van der Waals surface area contributed by atoms with Gasteiger partial charge >= 0.3 is 5.97 Å². The van der Waals surface area contributed by atoms with Crippen LogP contribution in [0.25, 0.3) is 0 Å². The number of ketones is 1. The maximum atomic E-state index is 11.8. The van der Waals surface area contributed by atoms with Crippen molar-refractivity contribution in [2.45, 2.75) is 6.42 Å². The number of carbonyl (C=O) groups is 2. The van der Waals surface area contributed by atoms with Crippen molar-refractivity contribution < 1.29 is 14.3 Å². The second-order valence-electron chi connectivity index (χ2n) is 3.45. The predicted octanol–water partition coefficient (Wildman–Crippen LogP) is 1.98. The fourth-order valence-corrected chi connectivity index (χ4v) is 2.21. The number of rotatable bonds is 1. The summed E-state index contributed by atoms with van der Waals surface area (Å²) in [7, 11) is 1.30. The Morgan fingerprint density at radius 3 is 2.93 bits per heavy atom. The molecule has 1 aliphatic carbocycles. The molecule has 1 atom stereocenters. The Bertz CT molecular complexity index is 439. The van der Waals surface area contributed by atoms with Gasteiger partial charge in [0.15, 0.2) is 5.78 Å². The Labute approximate surface area is 95.6 Å². The molecule has 15 heavy (non-hydrogen) atoms. The van der Waals surface area contributed by atoms with E-state index < -0.39 is 11.9 Å². The molecule has 0 amide bonds. The number of halogens is 1. The van der Waals surface area contributed by atoms with Gasteiger partial charge in [-0.1, -0.05) is 15.9 Å². The number of Topliss-reactive ketones (excluding diaryl/α,β-unsaturated/α-hetero) is 1. The molecule has 2 rings (SSSR count). The van der Waals surface area contributed by atoms with Crippen LogP contribution in [0.4, 0.5) is 0 Å². The molecular weight excluding hydrogens is 260 g/mol. The number of carbonyl (C=O) groups excluding carboxylic acids is 2. The third-order valence-corrected chi connectivity index (χ3v) is 3.05. The number of fused-ring (bicyclic) bond motifs is 1. The van der Waals surface area contributed by atoms with E-state index in [4.69, 9.17) is 0 Å². The predicted molar refractivity (Wildman–Crippen MR) is 57.7 cm³/mol. The number of esters is 1. The van der Waals surface area contributed by atoms with E-state index in [0.29, 0.717) is 12.0 Å². The lowest BCUT2D eigenvalue weighted by molar-refractivity contribution is -0.143. The molecule has 0 radical (unpaired) electrons. The zero-order valence-corrected chi connectivity index (χ0v) is 9.71. The average Bonchev–Trinajstić information content (AvgIpc) is 2.54. The van der Waals surface area contributed by atoms with Gasteiger partial charge in [0.1, 0.15) is 5.92 Å². The van der Waals surface area contributed by atoms with Crippen LogP contribution >= 0.6 is 15.9 Å². The van der Waals surface area contributed by atoms with E-state index in [1.54, 1.807) is 12.1 Å². The number of hydrogen-bond donors (Lipinski definition) is 0. The minimum atomic E-state index is -0.653. The summed E-state index contributed by atoms with van der Waals surface area (Å²) in [6, 6.07) is 5.41. The molecule has 1 aromatic rings. The Kier molecular flexibility index (Phi) is 2.61. The van der Waals surface area contributed by atoms with Crippen LogP contribution in [0.15, 0.2) is 22.7 Å². The van der Waals surface area contributed by atoms with Gasteiger partial charge in [-0.05, 0) is 30.2 Å². The fourth-order valence-electron chi connectivity index (χ4n) is 1.80. The largest absolute Gasteiger partial charge is 0.468 e. The molecule has 1 aliphatic rings. The topological polar surface area (TPSA) is 43.4 Å². The van der Waals surface area contributed by atoms with Gasteiger partial charge in [-0.25, -0.2) is 0 Å². The highest BCUT2D eigenvalue weighted by molar-refractivity contribution is 9.10. The second-order valence-corrected chi connectivity index (χ2v) is 4.36. The van der Waals surface area contributed by atoms with Gasteiger partial charge < -0.3 is 4.74 Å². The van der Waals surface area contributed by atoms with Crippen LogP contribution in [0.1, 0.15) is 15.9 Å². The standard InChI is InChI=1S/C11H9BrO3/c1-15-11(14)9-5-6-4-7(12)2-3-8(6)10(9)13/h2-4,9H,5H2,1H3. The minimum absolute atomic E-state index is 0.135. The summed E-state index contributed by atoms with van der Waals surface area (Å²) < 4.78 is 5.51. The van der Waals surface area contributed by atoms with Gasteiger partial charge in [-0.2, -0.15) is 0 Å². The summed E-state index contributed by atoms with van der Waals surface area (Å²) in [5, 5.41) is 0. The molecule has 0 fully saturated rings. The van der Waals surface area contributed by atoms with Crippen molar-refractivity contribution in [3.8, 4) is 0 Å². The first-order valence-corrected chi connectivity index (χ1v) is 5.33. The Balaban J connectivity index is 2.37. The van der Waals surface area contributed by atoms with Crippen LogP contribution in [-0.2, 0) is 16.0 Å². The Morgan fingerprint density at radius 2 is 2.27 bits per heavy atom. The first-order valence-electron chi connectivity index (χ1n) is 4.54. The highest BCUT2D eigenvalue weighted by atomic mass is 79.9. The average molecular weight is 269 g/mol. The lowest BCUT2D eigenvalue weighted by atomic mass is 10.1. The molecule has 0 spiro atoms. The van der Waals surface area contributed by atoms with Crippen LogP contribution in [0, 0.1) is 5.92 Å². The van der Waals surface area contributed by atoms with Crippen molar-refractivity contribution >= 4 is 27.7 Å². The number of hydrogen-bond acceptors (Lipinski definition) is 3. The molecule has 0 saturated heterocycles. The summed E-state index contributed by atoms with van der Waals surface area (Å²) in [5.74, 6) is -1.24. The molecule has 0 aliphatic heterocycles. The maximum Gasteiger partial charge on any atom is 0.316 e. The van der Waals surface area contributed by atoms with Gasteiger partial charge in [-0.3, -0.25) is 9.59 Å². The van der Waals surface area contributed by atoms with E-state index in [-0.39, 0.29) is 5.78 Å². The molecule has 3 nitrogen and oxygen atoms in total. The van der Waals surface area contributed by atoms with Crippen molar-refractivity contribution in [1.82, 2.24) is 0 Å². The zero-order valence-electron chi connectivity index (χ0n) is 8.12. The van der Waals surface area contributed by atoms with Crippen LogP contribution in [0.3, 0.4) is 0 Å². The van der Waals surface area contributed by atoms with Gasteiger partial charge in [0.2, 0.25) is 0 Å². The smallest absolute Gasteiger partial charge is 0.316 e. The normalized spacial score (nSPS) is 18.8. The molecule has 0 N–H and O–H groups in total. The lowest BCUT2D eigenvalue weighted by Crippen LogP contribution is -2.21. The summed E-state index contributed by atoms with van der Waals surface area (Å²) in [6.45, 7) is 0. The van der Waals surface area contributed by atoms with Crippen molar-refractivity contribution in [3.05, 3.63) is 33.8 Å². The molecule has 0 heterocycles. The fraction of sp³-hybridized carbons (Fsp3) is 0.273. The van der Waals surface area contributed by atoms with Crippen LogP contribution in [-0.4, -0.2) is 18.9 Å². The maximum absolute atomic E-state index is 11.8. The number of ether oxygens (including phenoxy) is 1. The molecule has 1 unspecified atom stereocenters. The monoisotopic (exact) mass is 268 g/mol. The minimum Gasteiger partial charge on any atom is -0.468 e. The summed E-state index contributed by atoms with van der Waals surface area (Å²) in [6.07, 6.45) is 0.445. The SMILES string of the molecule is COC(=O)C1Cc2cc(Br)ccc2C1=O. The highest BCUT2D eigenvalue weighted by Gasteiger charge is 2.36. The van der Waals surface area contributed by atoms with E-state index >= 15 is 0 Å². The molecule has 4 heteroatoms. The molecule has 0 aromatic heterocycles. The van der Waals surface area contributed by atoms with E-state index in [9.17, 15) is 9.59 Å². The molecule has 78 valence electrons. The van der Waals surface area contributed by atoms with Crippen molar-refractivity contribution in [2.75, 3.05) is 7.11 Å². The molecule has 0 saturated carbocycles. The van der Waals surface area contributed by atoms with Gasteiger partial charge in [-0.15, -0.1) is 0 Å². The molecular formula is C11H9BrO3. The third kappa shape index (κ3) is 1.69. The van der Waals surface area contributed by atoms with E-state index in [1.165, 1.54) is 7.11 Å². The van der Waals surface area contributed by atoms with Crippen LogP contribution in [0.5, 0.6) is 0 Å². The molecule has 0 bridgehead atoms. The van der Waals surface area contributed by atoms with E-state index in [1.807, 2.05) is 6.07 Å². The quantitative estimate of drug-likeness (QED) is 0.578. The van der Waals surface area contributed by atoms with Crippen molar-refractivity contribution in [3.63, 3.8) is 0 Å². The highest BCUT2D eigenvalue weighted by Crippen LogP contribution is 2.29. The van der Waals surface area contributed by atoms with Gasteiger partial charge in [0.25, 0.3) is 0 Å². The van der Waals surface area contributed by atoms with Gasteiger partial charge in [0, 0.05) is 10.0 Å². The second kappa shape index (κ2) is 3.77. The van der Waals surface area contributed by atoms with Gasteiger partial charge in [0.05, 0.1) is 7.11 Å². The first-order chi connectivity index (χ1) is 7.13. The van der Waals surface area contributed by atoms with Crippen molar-refractivity contribution in [2.24, 2.45) is 5.92 Å². The van der Waals surface area contributed by atoms with Crippen molar-refractivity contribution in [1.29, 1.82) is 0 Å². The number of methoxy groups -OCH3 is 1. The first kappa shape index (κ1) is 10.4. The third-order valence-electron chi connectivity index (χ3n) is 2.56.